The first-order valence-corrected chi connectivity index (χ1v) is 14.3. The highest BCUT2D eigenvalue weighted by molar-refractivity contribution is 5.67. The number of nitrogens with zero attached hydrogens (tertiary/aromatic N) is 4. The minimum Gasteiger partial charge on any atom is -0.481 e. The molecule has 1 fully saturated rings. The number of carboxylic acid groups (broad SMARTS) is 2. The topological polar surface area (TPSA) is 115 Å². The van der Waals surface area contributed by atoms with Crippen molar-refractivity contribution in [3.63, 3.8) is 0 Å². The van der Waals surface area contributed by atoms with Crippen LogP contribution in [0.4, 0.5) is 0 Å². The van der Waals surface area contributed by atoms with Crippen LogP contribution in [-0.4, -0.2) is 117 Å². The van der Waals surface area contributed by atoms with Gasteiger partial charge in [-0.15, -0.1) is 0 Å². The molecule has 11 heteroatoms. The average molecular weight is 561 g/mol. The number of carboxylic acids is 2. The highest BCUT2D eigenvalue weighted by atomic mass is 16.7. The van der Waals surface area contributed by atoms with Crippen LogP contribution in [0.15, 0.2) is 0 Å². The van der Waals surface area contributed by atoms with E-state index in [2.05, 4.69) is 4.90 Å². The van der Waals surface area contributed by atoms with Crippen LogP contribution in [0.1, 0.15) is 94.4 Å². The predicted octanol–water partition coefficient (Wildman–Crippen LogP) is 3.89. The van der Waals surface area contributed by atoms with Crippen LogP contribution in [0.5, 0.6) is 0 Å². The Hall–Kier alpha value is -1.34. The van der Waals surface area contributed by atoms with E-state index in [9.17, 15) is 14.7 Å². The molecule has 0 saturated carbocycles. The van der Waals surface area contributed by atoms with Crippen LogP contribution < -0.4 is 0 Å². The van der Waals surface area contributed by atoms with Crippen molar-refractivity contribution in [3.05, 3.63) is 0 Å². The van der Waals surface area contributed by atoms with E-state index in [4.69, 9.17) is 19.6 Å². The Morgan fingerprint density at radius 3 is 1.51 bits per heavy atom. The fourth-order valence-corrected chi connectivity index (χ4v) is 4.42. The van der Waals surface area contributed by atoms with Crippen molar-refractivity contribution >= 4 is 11.9 Å². The number of rotatable bonds is 11. The molecular weight excluding hydrogens is 504 g/mol. The molecule has 1 rings (SSSR count). The fourth-order valence-electron chi connectivity index (χ4n) is 4.42. The lowest BCUT2D eigenvalue weighted by Gasteiger charge is -2.40. The summed E-state index contributed by atoms with van der Waals surface area (Å²) >= 11 is 0. The molecule has 0 radical (unpaired) electrons. The van der Waals surface area contributed by atoms with E-state index in [1.807, 2.05) is 77.5 Å². The molecule has 1 aliphatic rings. The monoisotopic (exact) mass is 560 g/mol. The molecule has 1 saturated heterocycles. The maximum Gasteiger partial charge on any atom is 0.304 e. The van der Waals surface area contributed by atoms with Crippen molar-refractivity contribution in [3.8, 4) is 0 Å². The van der Waals surface area contributed by atoms with Crippen LogP contribution in [-0.2, 0) is 24.1 Å². The molecule has 0 aromatic heterocycles. The molecule has 2 N–H and O–H groups in total. The standard InChI is InChI=1S/C28H56N4O7/c1-26(2,3)37-30-16-15-29(14-12-10-11-13-24(33)34)23(21-25(35)36)22-32(39-28(7,8)9)20-19-31(18-17-30)38-27(4,5)6/h23H,10-22H2,1-9H3,(H,33,34)(H,35,36). The summed E-state index contributed by atoms with van der Waals surface area (Å²) in [6.45, 7) is 22.7. The minimum atomic E-state index is -0.862. The van der Waals surface area contributed by atoms with E-state index in [-0.39, 0.29) is 30.1 Å². The molecule has 11 nitrogen and oxygen atoms in total. The molecule has 39 heavy (non-hydrogen) atoms. The van der Waals surface area contributed by atoms with E-state index >= 15 is 0 Å². The van der Waals surface area contributed by atoms with Gasteiger partial charge in [-0.05, 0) is 81.7 Å². The highest BCUT2D eigenvalue weighted by Crippen LogP contribution is 2.19. The molecule has 1 aliphatic heterocycles. The van der Waals surface area contributed by atoms with Gasteiger partial charge < -0.3 is 10.2 Å². The molecule has 0 amide bonds. The van der Waals surface area contributed by atoms with Gasteiger partial charge in [-0.3, -0.25) is 29.0 Å². The summed E-state index contributed by atoms with van der Waals surface area (Å²) in [7, 11) is 0. The van der Waals surface area contributed by atoms with E-state index in [0.29, 0.717) is 58.8 Å². The fraction of sp³-hybridized carbons (Fsp3) is 0.929. The van der Waals surface area contributed by atoms with Crippen LogP contribution >= 0.6 is 0 Å². The molecule has 1 unspecified atom stereocenters. The van der Waals surface area contributed by atoms with Gasteiger partial charge in [0.25, 0.3) is 0 Å². The van der Waals surface area contributed by atoms with E-state index in [0.717, 1.165) is 12.8 Å². The normalized spacial score (nSPS) is 20.9. The first-order valence-electron chi connectivity index (χ1n) is 14.3. The SMILES string of the molecule is CC(C)(C)ON1CCN(OC(C)(C)C)CCN(CCCCCC(=O)O)C(CC(=O)O)CN(OC(C)(C)C)CC1. The number of hydrogen-bond acceptors (Lipinski definition) is 9. The van der Waals surface area contributed by atoms with Crippen molar-refractivity contribution in [2.45, 2.75) is 117 Å². The van der Waals surface area contributed by atoms with Gasteiger partial charge in [-0.2, -0.15) is 15.2 Å². The Bertz CT molecular complexity index is 731. The Morgan fingerprint density at radius 1 is 0.641 bits per heavy atom. The summed E-state index contributed by atoms with van der Waals surface area (Å²) in [6, 6.07) is -0.294. The molecule has 0 spiro atoms. The predicted molar refractivity (Wildman–Crippen MR) is 151 cm³/mol. The Balaban J connectivity index is 3.26. The number of unbranched alkanes of at least 4 members (excludes halogenated alkanes) is 2. The summed E-state index contributed by atoms with van der Waals surface area (Å²) in [5.41, 5.74) is -1.20. The van der Waals surface area contributed by atoms with E-state index in [1.54, 1.807) is 0 Å². The van der Waals surface area contributed by atoms with Crippen molar-refractivity contribution in [2.24, 2.45) is 0 Å². The van der Waals surface area contributed by atoms with Gasteiger partial charge in [0.15, 0.2) is 0 Å². The quantitative estimate of drug-likeness (QED) is 0.359. The molecule has 0 aromatic carbocycles. The lowest BCUT2D eigenvalue weighted by molar-refractivity contribution is -0.278. The summed E-state index contributed by atoms with van der Waals surface area (Å²) in [5, 5.41) is 24.6. The number of carbonyl (C=O) groups is 2. The number of hydrogen-bond donors (Lipinski definition) is 2. The maximum absolute atomic E-state index is 12.0. The molecule has 1 heterocycles. The van der Waals surface area contributed by atoms with Gasteiger partial charge >= 0.3 is 11.9 Å². The summed E-state index contributed by atoms with van der Waals surface area (Å²) in [6.07, 6.45) is 2.28. The second-order valence-corrected chi connectivity index (χ2v) is 13.3. The van der Waals surface area contributed by atoms with Crippen LogP contribution in [0.3, 0.4) is 0 Å². The minimum absolute atomic E-state index is 0.0263. The van der Waals surface area contributed by atoms with Crippen LogP contribution in [0, 0.1) is 0 Å². The highest BCUT2D eigenvalue weighted by Gasteiger charge is 2.30. The molecule has 230 valence electrons. The zero-order chi connectivity index (χ0) is 29.9. The van der Waals surface area contributed by atoms with Gasteiger partial charge in [0, 0.05) is 58.3 Å². The van der Waals surface area contributed by atoms with Gasteiger partial charge in [0.05, 0.1) is 23.2 Å². The van der Waals surface area contributed by atoms with Gasteiger partial charge in [-0.25, -0.2) is 0 Å². The molecular formula is C28H56N4O7. The smallest absolute Gasteiger partial charge is 0.304 e. The average Bonchev–Trinajstić information content (AvgIpc) is 2.72. The lowest BCUT2D eigenvalue weighted by atomic mass is 10.1. The van der Waals surface area contributed by atoms with Crippen molar-refractivity contribution < 1.29 is 34.3 Å². The summed E-state index contributed by atoms with van der Waals surface area (Å²) < 4.78 is 0. The number of hydroxylamine groups is 6. The molecule has 0 aliphatic carbocycles. The van der Waals surface area contributed by atoms with Gasteiger partial charge in [0.2, 0.25) is 0 Å². The molecule has 0 aromatic rings. The third kappa shape index (κ3) is 18.6. The number of aliphatic carboxylic acids is 2. The Labute approximate surface area is 236 Å². The summed E-state index contributed by atoms with van der Waals surface area (Å²) in [4.78, 5) is 44.0. The van der Waals surface area contributed by atoms with E-state index < -0.39 is 17.5 Å². The van der Waals surface area contributed by atoms with Gasteiger partial charge in [0.1, 0.15) is 0 Å². The Morgan fingerprint density at radius 2 is 1.08 bits per heavy atom. The Kier molecular flexibility index (Phi) is 14.8. The van der Waals surface area contributed by atoms with Crippen molar-refractivity contribution in [1.82, 2.24) is 20.1 Å². The third-order valence-electron chi connectivity index (χ3n) is 5.72. The van der Waals surface area contributed by atoms with E-state index in [1.165, 1.54) is 0 Å². The largest absolute Gasteiger partial charge is 0.481 e. The van der Waals surface area contributed by atoms with Gasteiger partial charge in [-0.1, -0.05) is 6.42 Å². The second-order valence-electron chi connectivity index (χ2n) is 13.3. The second kappa shape index (κ2) is 16.2. The first kappa shape index (κ1) is 35.7. The lowest BCUT2D eigenvalue weighted by Crippen LogP contribution is -2.53. The zero-order valence-electron chi connectivity index (χ0n) is 26.0. The zero-order valence-corrected chi connectivity index (χ0v) is 26.0. The van der Waals surface area contributed by atoms with Crippen molar-refractivity contribution in [1.29, 1.82) is 0 Å². The van der Waals surface area contributed by atoms with Crippen molar-refractivity contribution in [2.75, 3.05) is 52.4 Å². The maximum atomic E-state index is 12.0. The first-order chi connectivity index (χ1) is 17.8. The van der Waals surface area contributed by atoms with Crippen LogP contribution in [0.2, 0.25) is 0 Å². The summed E-state index contributed by atoms with van der Waals surface area (Å²) in [5.74, 6) is -1.65. The van der Waals surface area contributed by atoms with Crippen LogP contribution in [0.25, 0.3) is 0 Å². The molecule has 0 bridgehead atoms. The molecule has 1 atom stereocenters. The third-order valence-corrected chi connectivity index (χ3v) is 5.72.